The molecule has 0 heterocycles. The average molecular weight is 149 g/mol. The molecule has 11 heavy (non-hydrogen) atoms. The molecule has 1 fully saturated rings. The first kappa shape index (κ1) is 6.84. The van der Waals surface area contributed by atoms with Gasteiger partial charge in [0.05, 0.1) is 0 Å². The number of hydrogen-bond donors (Lipinski definition) is 0. The Hall–Kier alpha value is -0.850. The molecule has 1 aliphatic carbocycles. The Bertz CT molecular complexity index is 230. The minimum absolute atomic E-state index is 0.669. The highest BCUT2D eigenvalue weighted by molar-refractivity contribution is 5.36. The first-order chi connectivity index (χ1) is 5.38. The van der Waals surface area contributed by atoms with Crippen LogP contribution in [-0.2, 0) is 0 Å². The lowest BCUT2D eigenvalue weighted by Gasteiger charge is -2.29. The molecule has 0 aliphatic heterocycles. The van der Waals surface area contributed by atoms with Crippen LogP contribution < -0.4 is 0 Å². The molecule has 0 bridgehead atoms. The van der Waals surface area contributed by atoms with Crippen molar-refractivity contribution in [2.24, 2.45) is 0 Å². The molecule has 0 amide bonds. The molecule has 1 saturated carbocycles. The summed E-state index contributed by atoms with van der Waals surface area (Å²) in [6, 6.07) is 9.80. The molecule has 0 aromatic heterocycles. The van der Waals surface area contributed by atoms with Crippen LogP contribution in [0.2, 0.25) is 0 Å². The van der Waals surface area contributed by atoms with Gasteiger partial charge in [-0.2, -0.15) is 0 Å². The van der Waals surface area contributed by atoms with Gasteiger partial charge in [0.1, 0.15) is 6.17 Å². The van der Waals surface area contributed by atoms with Gasteiger partial charge in [-0.25, -0.2) is 4.39 Å². The Morgan fingerprint density at radius 2 is 1.91 bits per heavy atom. The highest BCUT2D eigenvalue weighted by Gasteiger charge is 2.32. The number of rotatable bonds is 1. The maximum Gasteiger partial charge on any atom is 0.111 e. The van der Waals surface area contributed by atoms with Crippen molar-refractivity contribution in [3.8, 4) is 0 Å². The van der Waals surface area contributed by atoms with Crippen molar-refractivity contribution < 1.29 is 4.39 Å². The van der Waals surface area contributed by atoms with E-state index in [0.29, 0.717) is 6.42 Å². The van der Waals surface area contributed by atoms with E-state index in [9.17, 15) is 4.39 Å². The Morgan fingerprint density at radius 3 is 2.36 bits per heavy atom. The van der Waals surface area contributed by atoms with Crippen molar-refractivity contribution in [2.45, 2.75) is 19.0 Å². The molecule has 1 heteroatoms. The van der Waals surface area contributed by atoms with Crippen LogP contribution in [0, 0.1) is 5.92 Å². The summed E-state index contributed by atoms with van der Waals surface area (Å²) in [6.45, 7) is 0. The Morgan fingerprint density at radius 1 is 1.18 bits per heavy atom. The van der Waals surface area contributed by atoms with Gasteiger partial charge in [0.15, 0.2) is 0 Å². The summed E-state index contributed by atoms with van der Waals surface area (Å²) < 4.78 is 12.8. The van der Waals surface area contributed by atoms with E-state index in [2.05, 4.69) is 0 Å². The van der Waals surface area contributed by atoms with Crippen LogP contribution in [0.25, 0.3) is 0 Å². The highest BCUT2D eigenvalue weighted by atomic mass is 19.1. The largest absolute Gasteiger partial charge is 0.246 e. The van der Waals surface area contributed by atoms with Gasteiger partial charge >= 0.3 is 0 Å². The van der Waals surface area contributed by atoms with Gasteiger partial charge in [-0.05, 0) is 18.4 Å². The van der Waals surface area contributed by atoms with Crippen molar-refractivity contribution in [1.82, 2.24) is 0 Å². The molecule has 0 N–H and O–H groups in total. The SMILES string of the molecule is FC1CC[C]1c1ccccc1. The van der Waals surface area contributed by atoms with Crippen molar-refractivity contribution in [3.63, 3.8) is 0 Å². The molecule has 1 aromatic rings. The summed E-state index contributed by atoms with van der Waals surface area (Å²) in [5.41, 5.74) is 1.08. The molecule has 0 spiro atoms. The summed E-state index contributed by atoms with van der Waals surface area (Å²) in [7, 11) is 0. The van der Waals surface area contributed by atoms with Crippen LogP contribution in [0.1, 0.15) is 18.4 Å². The van der Waals surface area contributed by atoms with Crippen LogP contribution in [0.15, 0.2) is 30.3 Å². The zero-order valence-corrected chi connectivity index (χ0v) is 6.26. The third kappa shape index (κ3) is 1.15. The zero-order chi connectivity index (χ0) is 7.68. The summed E-state index contributed by atoms with van der Waals surface area (Å²) in [6.07, 6.45) is 0.979. The number of alkyl halides is 1. The summed E-state index contributed by atoms with van der Waals surface area (Å²) in [5, 5.41) is 0. The lowest BCUT2D eigenvalue weighted by molar-refractivity contribution is 0.256. The summed E-state index contributed by atoms with van der Waals surface area (Å²) in [4.78, 5) is 0. The molecular formula is C10H10F. The van der Waals surface area contributed by atoms with Gasteiger partial charge in [-0.3, -0.25) is 0 Å². The minimum Gasteiger partial charge on any atom is -0.246 e. The van der Waals surface area contributed by atoms with E-state index in [1.165, 1.54) is 0 Å². The smallest absolute Gasteiger partial charge is 0.111 e. The van der Waals surface area contributed by atoms with E-state index in [-0.39, 0.29) is 0 Å². The Balaban J connectivity index is 2.17. The molecule has 0 saturated heterocycles. The third-order valence-corrected chi connectivity index (χ3v) is 2.19. The van der Waals surface area contributed by atoms with E-state index in [0.717, 1.165) is 17.9 Å². The summed E-state index contributed by atoms with van der Waals surface area (Å²) >= 11 is 0. The zero-order valence-electron chi connectivity index (χ0n) is 6.26. The molecule has 0 nitrogen and oxygen atoms in total. The van der Waals surface area contributed by atoms with Gasteiger partial charge in [-0.15, -0.1) is 0 Å². The molecule has 1 aromatic carbocycles. The van der Waals surface area contributed by atoms with Crippen LogP contribution in [0.3, 0.4) is 0 Å². The molecule has 2 rings (SSSR count). The summed E-state index contributed by atoms with van der Waals surface area (Å²) in [5.74, 6) is 0.977. The van der Waals surface area contributed by atoms with E-state index in [1.54, 1.807) is 0 Å². The topological polar surface area (TPSA) is 0 Å². The van der Waals surface area contributed by atoms with E-state index in [4.69, 9.17) is 0 Å². The van der Waals surface area contributed by atoms with Gasteiger partial charge < -0.3 is 0 Å². The fraction of sp³-hybridized carbons (Fsp3) is 0.300. The minimum atomic E-state index is -0.669. The van der Waals surface area contributed by atoms with Gasteiger partial charge in [0.25, 0.3) is 0 Å². The third-order valence-electron chi connectivity index (χ3n) is 2.19. The second-order valence-corrected chi connectivity index (χ2v) is 2.90. The van der Waals surface area contributed by atoms with Gasteiger partial charge in [0.2, 0.25) is 0 Å². The second kappa shape index (κ2) is 2.65. The standard InChI is InChI=1S/C10H10F/c11-10-7-6-9(10)8-4-2-1-3-5-8/h1-5,10H,6-7H2. The van der Waals surface area contributed by atoms with Crippen molar-refractivity contribution >= 4 is 0 Å². The van der Waals surface area contributed by atoms with E-state index in [1.807, 2.05) is 30.3 Å². The number of halogens is 1. The number of hydrogen-bond acceptors (Lipinski definition) is 0. The molecule has 1 aliphatic rings. The maximum absolute atomic E-state index is 12.8. The predicted molar refractivity (Wildman–Crippen MR) is 42.9 cm³/mol. The molecule has 1 atom stereocenters. The fourth-order valence-electron chi connectivity index (χ4n) is 1.38. The molecule has 1 unspecified atom stereocenters. The van der Waals surface area contributed by atoms with Crippen LogP contribution in [0.5, 0.6) is 0 Å². The van der Waals surface area contributed by atoms with Crippen LogP contribution in [-0.4, -0.2) is 6.17 Å². The maximum atomic E-state index is 12.8. The predicted octanol–water partition coefficient (Wildman–Crippen LogP) is 2.74. The lowest BCUT2D eigenvalue weighted by atomic mass is 9.78. The Kier molecular flexibility index (Phi) is 1.65. The quantitative estimate of drug-likeness (QED) is 0.576. The van der Waals surface area contributed by atoms with Crippen molar-refractivity contribution in [2.75, 3.05) is 0 Å². The van der Waals surface area contributed by atoms with Crippen LogP contribution in [0.4, 0.5) is 4.39 Å². The van der Waals surface area contributed by atoms with Crippen LogP contribution >= 0.6 is 0 Å². The van der Waals surface area contributed by atoms with Crippen molar-refractivity contribution in [1.29, 1.82) is 0 Å². The van der Waals surface area contributed by atoms with E-state index < -0.39 is 6.17 Å². The monoisotopic (exact) mass is 149 g/mol. The first-order valence-corrected chi connectivity index (χ1v) is 3.93. The lowest BCUT2D eigenvalue weighted by Crippen LogP contribution is -2.25. The number of benzene rings is 1. The van der Waals surface area contributed by atoms with Crippen molar-refractivity contribution in [3.05, 3.63) is 41.8 Å². The fourth-order valence-corrected chi connectivity index (χ4v) is 1.38. The highest BCUT2D eigenvalue weighted by Crippen LogP contribution is 2.37. The Labute approximate surface area is 66.1 Å². The molecule has 1 radical (unpaired) electrons. The second-order valence-electron chi connectivity index (χ2n) is 2.90. The van der Waals surface area contributed by atoms with Gasteiger partial charge in [-0.1, -0.05) is 30.3 Å². The normalized spacial score (nSPS) is 24.6. The average Bonchev–Trinajstić information content (AvgIpc) is 2.04. The molecular weight excluding hydrogens is 139 g/mol. The van der Waals surface area contributed by atoms with E-state index >= 15 is 0 Å². The first-order valence-electron chi connectivity index (χ1n) is 3.93. The molecule has 57 valence electrons. The van der Waals surface area contributed by atoms with Gasteiger partial charge in [0, 0.05) is 5.92 Å².